The topological polar surface area (TPSA) is 49.4 Å². The lowest BCUT2D eigenvalue weighted by Crippen LogP contribution is -2.42. The zero-order valence-electron chi connectivity index (χ0n) is 11.2. The van der Waals surface area contributed by atoms with Gasteiger partial charge in [-0.2, -0.15) is 0 Å². The van der Waals surface area contributed by atoms with Gasteiger partial charge in [-0.1, -0.05) is 18.9 Å². The van der Waals surface area contributed by atoms with E-state index in [4.69, 9.17) is 0 Å². The molecule has 1 heterocycles. The Kier molecular flexibility index (Phi) is 4.96. The Labute approximate surface area is 117 Å². The highest BCUT2D eigenvalue weighted by atomic mass is 32.1. The summed E-state index contributed by atoms with van der Waals surface area (Å²) in [7, 11) is 0. The van der Waals surface area contributed by atoms with Crippen molar-refractivity contribution in [1.82, 2.24) is 10.2 Å². The van der Waals surface area contributed by atoms with E-state index in [1.54, 1.807) is 13.0 Å². The highest BCUT2D eigenvalue weighted by molar-refractivity contribution is 7.12. The van der Waals surface area contributed by atoms with Gasteiger partial charge in [0.15, 0.2) is 0 Å². The molecule has 1 aliphatic carbocycles. The third kappa shape index (κ3) is 3.80. The Morgan fingerprint density at radius 1 is 1.42 bits per heavy atom. The molecule has 2 amide bonds. The van der Waals surface area contributed by atoms with E-state index in [9.17, 15) is 9.59 Å². The Bertz CT molecular complexity index is 425. The van der Waals surface area contributed by atoms with Crippen LogP contribution in [-0.4, -0.2) is 35.8 Å². The van der Waals surface area contributed by atoms with E-state index in [0.29, 0.717) is 19.1 Å². The standard InChI is InChI=1S/C14H20N2O2S/c1-11(17)16(12-5-2-3-6-12)9-8-15-14(18)13-7-4-10-19-13/h4,7,10,12H,2-3,5-6,8-9H2,1H3,(H,15,18). The molecule has 1 N–H and O–H groups in total. The van der Waals surface area contributed by atoms with Crippen LogP contribution < -0.4 is 5.32 Å². The van der Waals surface area contributed by atoms with Crippen molar-refractivity contribution in [2.45, 2.75) is 38.6 Å². The number of thiophene rings is 1. The maximum absolute atomic E-state index is 11.8. The summed E-state index contributed by atoms with van der Waals surface area (Å²) in [4.78, 5) is 26.0. The third-order valence-corrected chi connectivity index (χ3v) is 4.42. The van der Waals surface area contributed by atoms with Gasteiger partial charge in [-0.25, -0.2) is 0 Å². The number of amides is 2. The molecule has 1 aromatic heterocycles. The summed E-state index contributed by atoms with van der Waals surface area (Å²) in [5.74, 6) is 0.0576. The Morgan fingerprint density at radius 3 is 2.74 bits per heavy atom. The molecule has 1 aliphatic rings. The molecule has 0 atom stereocenters. The van der Waals surface area contributed by atoms with Gasteiger partial charge >= 0.3 is 0 Å². The van der Waals surface area contributed by atoms with E-state index in [2.05, 4.69) is 5.32 Å². The van der Waals surface area contributed by atoms with E-state index in [1.807, 2.05) is 16.3 Å². The fourth-order valence-electron chi connectivity index (χ4n) is 2.60. The van der Waals surface area contributed by atoms with Crippen LogP contribution in [0, 0.1) is 0 Å². The molecule has 19 heavy (non-hydrogen) atoms. The minimum Gasteiger partial charge on any atom is -0.350 e. The molecule has 0 saturated heterocycles. The lowest BCUT2D eigenvalue weighted by Gasteiger charge is -2.27. The number of hydrogen-bond acceptors (Lipinski definition) is 3. The summed E-state index contributed by atoms with van der Waals surface area (Å²) in [6.45, 7) is 2.74. The van der Waals surface area contributed by atoms with E-state index >= 15 is 0 Å². The lowest BCUT2D eigenvalue weighted by molar-refractivity contribution is -0.130. The van der Waals surface area contributed by atoms with Crippen molar-refractivity contribution < 1.29 is 9.59 Å². The summed E-state index contributed by atoms with van der Waals surface area (Å²) in [5, 5.41) is 4.76. The van der Waals surface area contributed by atoms with Crippen molar-refractivity contribution >= 4 is 23.2 Å². The predicted molar refractivity (Wildman–Crippen MR) is 76.3 cm³/mol. The van der Waals surface area contributed by atoms with Crippen molar-refractivity contribution in [3.8, 4) is 0 Å². The van der Waals surface area contributed by atoms with E-state index < -0.39 is 0 Å². The molecule has 1 aromatic rings. The molecule has 1 fully saturated rings. The average molecular weight is 280 g/mol. The van der Waals surface area contributed by atoms with Crippen LogP contribution in [-0.2, 0) is 4.79 Å². The zero-order chi connectivity index (χ0) is 13.7. The summed E-state index contributed by atoms with van der Waals surface area (Å²) in [5.41, 5.74) is 0. The Hall–Kier alpha value is -1.36. The molecule has 0 aromatic carbocycles. The molecule has 2 rings (SSSR count). The Morgan fingerprint density at radius 2 is 2.16 bits per heavy atom. The third-order valence-electron chi connectivity index (χ3n) is 3.55. The minimum atomic E-state index is -0.0510. The van der Waals surface area contributed by atoms with Crippen molar-refractivity contribution in [2.75, 3.05) is 13.1 Å². The van der Waals surface area contributed by atoms with Crippen LogP contribution >= 0.6 is 11.3 Å². The average Bonchev–Trinajstić information content (AvgIpc) is 3.05. The molecule has 0 radical (unpaired) electrons. The quantitative estimate of drug-likeness (QED) is 0.899. The summed E-state index contributed by atoms with van der Waals surface area (Å²) in [6, 6.07) is 4.04. The van der Waals surface area contributed by atoms with Gasteiger partial charge in [-0.05, 0) is 24.3 Å². The predicted octanol–water partition coefficient (Wildman–Crippen LogP) is 2.27. The maximum Gasteiger partial charge on any atom is 0.261 e. The maximum atomic E-state index is 11.8. The minimum absolute atomic E-state index is 0.0510. The van der Waals surface area contributed by atoms with Crippen LogP contribution in [0.3, 0.4) is 0 Å². The van der Waals surface area contributed by atoms with Gasteiger partial charge in [-0.3, -0.25) is 9.59 Å². The van der Waals surface area contributed by atoms with E-state index in [-0.39, 0.29) is 11.8 Å². The zero-order valence-corrected chi connectivity index (χ0v) is 12.0. The van der Waals surface area contributed by atoms with Gasteiger partial charge < -0.3 is 10.2 Å². The number of nitrogens with zero attached hydrogens (tertiary/aromatic N) is 1. The molecule has 0 spiro atoms. The first-order valence-electron chi connectivity index (χ1n) is 6.77. The van der Waals surface area contributed by atoms with Gasteiger partial charge in [-0.15, -0.1) is 11.3 Å². The SMILES string of the molecule is CC(=O)N(CCNC(=O)c1cccs1)C1CCCC1. The molecule has 1 saturated carbocycles. The monoisotopic (exact) mass is 280 g/mol. The number of rotatable bonds is 5. The van der Waals surface area contributed by atoms with Crippen LogP contribution in [0.15, 0.2) is 17.5 Å². The fraction of sp³-hybridized carbons (Fsp3) is 0.571. The second kappa shape index (κ2) is 6.70. The van der Waals surface area contributed by atoms with Crippen molar-refractivity contribution in [1.29, 1.82) is 0 Å². The Balaban J connectivity index is 1.79. The van der Waals surface area contributed by atoms with E-state index in [0.717, 1.165) is 17.7 Å². The number of nitrogens with one attached hydrogen (secondary N) is 1. The van der Waals surface area contributed by atoms with Crippen LogP contribution in [0.4, 0.5) is 0 Å². The number of carbonyl (C=O) groups excluding carboxylic acids is 2. The van der Waals surface area contributed by atoms with Crippen LogP contribution in [0.5, 0.6) is 0 Å². The first-order chi connectivity index (χ1) is 9.18. The smallest absolute Gasteiger partial charge is 0.261 e. The molecule has 104 valence electrons. The van der Waals surface area contributed by atoms with Gasteiger partial charge in [0.05, 0.1) is 4.88 Å². The van der Waals surface area contributed by atoms with Gasteiger partial charge in [0.1, 0.15) is 0 Å². The van der Waals surface area contributed by atoms with Crippen molar-refractivity contribution in [3.05, 3.63) is 22.4 Å². The van der Waals surface area contributed by atoms with Crippen molar-refractivity contribution in [2.24, 2.45) is 0 Å². The molecule has 0 unspecified atom stereocenters. The summed E-state index contributed by atoms with van der Waals surface area (Å²) < 4.78 is 0. The van der Waals surface area contributed by atoms with Gasteiger partial charge in [0, 0.05) is 26.1 Å². The fourth-order valence-corrected chi connectivity index (χ4v) is 3.24. The van der Waals surface area contributed by atoms with Gasteiger partial charge in [0.25, 0.3) is 5.91 Å². The highest BCUT2D eigenvalue weighted by Crippen LogP contribution is 2.23. The highest BCUT2D eigenvalue weighted by Gasteiger charge is 2.24. The number of hydrogen-bond donors (Lipinski definition) is 1. The normalized spacial score (nSPS) is 15.4. The second-order valence-corrected chi connectivity index (χ2v) is 5.83. The first kappa shape index (κ1) is 14.1. The van der Waals surface area contributed by atoms with Crippen LogP contribution in [0.2, 0.25) is 0 Å². The van der Waals surface area contributed by atoms with E-state index in [1.165, 1.54) is 24.2 Å². The lowest BCUT2D eigenvalue weighted by atomic mass is 10.2. The second-order valence-electron chi connectivity index (χ2n) is 4.88. The molecular formula is C14H20N2O2S. The van der Waals surface area contributed by atoms with Crippen molar-refractivity contribution in [3.63, 3.8) is 0 Å². The van der Waals surface area contributed by atoms with Crippen LogP contribution in [0.25, 0.3) is 0 Å². The molecule has 0 bridgehead atoms. The molecular weight excluding hydrogens is 260 g/mol. The van der Waals surface area contributed by atoms with Crippen LogP contribution in [0.1, 0.15) is 42.3 Å². The summed E-state index contributed by atoms with van der Waals surface area (Å²) in [6.07, 6.45) is 4.60. The summed E-state index contributed by atoms with van der Waals surface area (Å²) >= 11 is 1.43. The molecule has 4 nitrogen and oxygen atoms in total. The van der Waals surface area contributed by atoms with Gasteiger partial charge in [0.2, 0.25) is 5.91 Å². The first-order valence-corrected chi connectivity index (χ1v) is 7.65. The molecule has 5 heteroatoms. The molecule has 0 aliphatic heterocycles. The number of carbonyl (C=O) groups is 2. The largest absolute Gasteiger partial charge is 0.350 e.